The molecule has 0 aliphatic rings. The summed E-state index contributed by atoms with van der Waals surface area (Å²) in [5.74, 6) is -0.738. The third-order valence-electron chi connectivity index (χ3n) is 4.16. The maximum atomic E-state index is 12.4. The highest BCUT2D eigenvalue weighted by Gasteiger charge is 2.32. The lowest BCUT2D eigenvalue weighted by atomic mass is 10.1. The number of aliphatic carboxylic acids is 1. The van der Waals surface area contributed by atoms with E-state index in [4.69, 9.17) is 5.11 Å². The van der Waals surface area contributed by atoms with E-state index in [1.807, 2.05) is 0 Å². The van der Waals surface area contributed by atoms with Crippen LogP contribution < -0.4 is 10.6 Å². The monoisotopic (exact) mass is 403 g/mol. The average molecular weight is 403 g/mol. The van der Waals surface area contributed by atoms with Crippen LogP contribution in [0.25, 0.3) is 0 Å². The number of halogens is 3. The van der Waals surface area contributed by atoms with Gasteiger partial charge in [0.15, 0.2) is 0 Å². The van der Waals surface area contributed by atoms with Crippen LogP contribution in [0.1, 0.15) is 69.9 Å². The molecule has 0 aliphatic carbocycles. The fourth-order valence-corrected chi connectivity index (χ4v) is 2.65. The molecule has 0 fully saturated rings. The molecule has 1 rings (SSSR count). The first-order valence-corrected chi connectivity index (χ1v) is 9.59. The summed E-state index contributed by atoms with van der Waals surface area (Å²) < 4.78 is 37.2. The van der Waals surface area contributed by atoms with Crippen molar-refractivity contribution >= 4 is 17.7 Å². The number of rotatable bonds is 13. The molecule has 0 atom stereocenters. The fraction of sp³-hybridized carbons (Fsp3) is 0.632. The van der Waals surface area contributed by atoms with Gasteiger partial charge in [-0.2, -0.15) is 13.2 Å². The van der Waals surface area contributed by atoms with Crippen molar-refractivity contribution in [2.24, 2.45) is 0 Å². The number of hydrogen-bond acceptors (Lipinski definition) is 3. The van der Waals surface area contributed by atoms with Crippen LogP contribution in [0.5, 0.6) is 0 Å². The minimum absolute atomic E-state index is 0.203. The summed E-state index contributed by atoms with van der Waals surface area (Å²) >= 11 is 0. The molecule has 0 bridgehead atoms. The SMILES string of the molecule is O=C(O)CCCCCCCCCCCNC(=O)Nc1ccc(C(F)(F)F)nc1. The molecule has 0 unspecified atom stereocenters. The Bertz CT molecular complexity index is 592. The molecule has 28 heavy (non-hydrogen) atoms. The van der Waals surface area contributed by atoms with Crippen LogP contribution in [-0.4, -0.2) is 28.6 Å². The zero-order chi connectivity index (χ0) is 20.8. The number of aromatic nitrogens is 1. The quantitative estimate of drug-likeness (QED) is 0.394. The molecular formula is C19H28F3N3O3. The first-order chi connectivity index (χ1) is 13.3. The molecular weight excluding hydrogens is 375 g/mol. The number of carboxylic acids is 1. The van der Waals surface area contributed by atoms with Crippen LogP contribution in [0, 0.1) is 0 Å². The lowest BCUT2D eigenvalue weighted by Crippen LogP contribution is -2.29. The summed E-state index contributed by atoms with van der Waals surface area (Å²) in [6.07, 6.45) is 5.73. The molecule has 3 N–H and O–H groups in total. The minimum atomic E-state index is -4.50. The zero-order valence-corrected chi connectivity index (χ0v) is 15.9. The van der Waals surface area contributed by atoms with Crippen LogP contribution in [0.15, 0.2) is 18.3 Å². The number of amides is 2. The number of nitrogens with one attached hydrogen (secondary N) is 2. The van der Waals surface area contributed by atoms with Gasteiger partial charge in [-0.05, 0) is 25.0 Å². The maximum Gasteiger partial charge on any atom is 0.433 e. The third kappa shape index (κ3) is 11.4. The molecule has 0 aromatic carbocycles. The predicted octanol–water partition coefficient (Wildman–Crippen LogP) is 5.21. The van der Waals surface area contributed by atoms with Crippen LogP contribution in [0.4, 0.5) is 23.7 Å². The van der Waals surface area contributed by atoms with Crippen LogP contribution in [-0.2, 0) is 11.0 Å². The van der Waals surface area contributed by atoms with E-state index in [1.165, 1.54) is 0 Å². The Kier molecular flexibility index (Phi) is 11.0. The maximum absolute atomic E-state index is 12.4. The Morgan fingerprint density at radius 1 is 0.929 bits per heavy atom. The average Bonchev–Trinajstić information content (AvgIpc) is 2.62. The van der Waals surface area contributed by atoms with E-state index < -0.39 is 23.9 Å². The molecule has 158 valence electrons. The van der Waals surface area contributed by atoms with Crippen molar-refractivity contribution in [1.29, 1.82) is 0 Å². The third-order valence-corrected chi connectivity index (χ3v) is 4.16. The van der Waals surface area contributed by atoms with E-state index in [1.54, 1.807) is 0 Å². The topological polar surface area (TPSA) is 91.3 Å². The molecule has 0 spiro atoms. The first-order valence-electron chi connectivity index (χ1n) is 9.59. The standard InChI is InChI=1S/C19H28F3N3O3/c20-19(21,22)16-12-11-15(14-24-16)25-18(28)23-13-9-7-5-3-1-2-4-6-8-10-17(26)27/h11-12,14H,1-10,13H2,(H,26,27)(H2,23,25,28). The van der Waals surface area contributed by atoms with Crippen molar-refractivity contribution in [3.8, 4) is 0 Å². The number of carboxylic acid groups (broad SMARTS) is 1. The smallest absolute Gasteiger partial charge is 0.433 e. The van der Waals surface area contributed by atoms with Gasteiger partial charge in [0.05, 0.1) is 11.9 Å². The van der Waals surface area contributed by atoms with E-state index in [2.05, 4.69) is 15.6 Å². The Morgan fingerprint density at radius 3 is 2.00 bits per heavy atom. The second-order valence-corrected chi connectivity index (χ2v) is 6.64. The summed E-state index contributed by atoms with van der Waals surface area (Å²) in [6.45, 7) is 0.495. The van der Waals surface area contributed by atoms with Gasteiger partial charge in [-0.25, -0.2) is 9.78 Å². The molecule has 1 aromatic heterocycles. The molecule has 0 saturated heterocycles. The van der Waals surface area contributed by atoms with Crippen molar-refractivity contribution in [2.45, 2.75) is 70.4 Å². The van der Waals surface area contributed by atoms with Crippen molar-refractivity contribution in [3.05, 3.63) is 24.0 Å². The second kappa shape index (κ2) is 13.0. The molecule has 9 heteroatoms. The van der Waals surface area contributed by atoms with Crippen molar-refractivity contribution in [1.82, 2.24) is 10.3 Å². The lowest BCUT2D eigenvalue weighted by molar-refractivity contribution is -0.141. The van der Waals surface area contributed by atoms with Gasteiger partial charge < -0.3 is 15.7 Å². The number of urea groups is 1. The van der Waals surface area contributed by atoms with Crippen LogP contribution in [0.2, 0.25) is 0 Å². The highest BCUT2D eigenvalue weighted by atomic mass is 19.4. The van der Waals surface area contributed by atoms with Crippen LogP contribution in [0.3, 0.4) is 0 Å². The Hall–Kier alpha value is -2.32. The second-order valence-electron chi connectivity index (χ2n) is 6.64. The summed E-state index contributed by atoms with van der Waals surface area (Å²) in [4.78, 5) is 25.3. The summed E-state index contributed by atoms with van der Waals surface area (Å²) in [7, 11) is 0. The van der Waals surface area contributed by atoms with Gasteiger partial charge in [-0.1, -0.05) is 44.9 Å². The fourth-order valence-electron chi connectivity index (χ4n) is 2.65. The van der Waals surface area contributed by atoms with Crippen molar-refractivity contribution in [3.63, 3.8) is 0 Å². The first kappa shape index (κ1) is 23.7. The molecule has 6 nitrogen and oxygen atoms in total. The van der Waals surface area contributed by atoms with Crippen molar-refractivity contribution in [2.75, 3.05) is 11.9 Å². The van der Waals surface area contributed by atoms with Crippen molar-refractivity contribution < 1.29 is 27.9 Å². The Morgan fingerprint density at radius 2 is 1.50 bits per heavy atom. The number of carbonyl (C=O) groups is 2. The van der Waals surface area contributed by atoms with E-state index in [0.29, 0.717) is 6.54 Å². The number of anilines is 1. The van der Waals surface area contributed by atoms with Gasteiger partial charge in [0, 0.05) is 13.0 Å². The zero-order valence-electron chi connectivity index (χ0n) is 15.9. The molecule has 0 aliphatic heterocycles. The highest BCUT2D eigenvalue weighted by Crippen LogP contribution is 2.27. The van der Waals surface area contributed by atoms with E-state index >= 15 is 0 Å². The van der Waals surface area contributed by atoms with Crippen LogP contribution >= 0.6 is 0 Å². The summed E-state index contributed by atoms with van der Waals surface area (Å²) in [6, 6.07) is 1.52. The van der Waals surface area contributed by atoms with E-state index in [-0.39, 0.29) is 12.1 Å². The number of unbranched alkanes of at least 4 members (excludes halogenated alkanes) is 8. The number of nitrogens with zero attached hydrogens (tertiary/aromatic N) is 1. The van der Waals surface area contributed by atoms with Gasteiger partial charge in [-0.15, -0.1) is 0 Å². The lowest BCUT2D eigenvalue weighted by Gasteiger charge is -2.09. The largest absolute Gasteiger partial charge is 0.481 e. The highest BCUT2D eigenvalue weighted by molar-refractivity contribution is 5.88. The number of pyridine rings is 1. The summed E-state index contributed by atoms with van der Waals surface area (Å²) in [5.41, 5.74) is -0.799. The number of carbonyl (C=O) groups excluding carboxylic acids is 1. The Labute approximate surface area is 162 Å². The van der Waals surface area contributed by atoms with E-state index in [0.717, 1.165) is 76.1 Å². The molecule has 1 heterocycles. The van der Waals surface area contributed by atoms with Gasteiger partial charge in [-0.3, -0.25) is 4.79 Å². The molecule has 0 radical (unpaired) electrons. The van der Waals surface area contributed by atoms with Gasteiger partial charge in [0.1, 0.15) is 5.69 Å². The normalized spacial score (nSPS) is 11.2. The molecule has 0 saturated carbocycles. The number of alkyl halides is 3. The van der Waals surface area contributed by atoms with E-state index in [9.17, 15) is 22.8 Å². The molecule has 2 amide bonds. The predicted molar refractivity (Wildman–Crippen MR) is 100 cm³/mol. The van der Waals surface area contributed by atoms with Gasteiger partial charge in [0.2, 0.25) is 0 Å². The number of hydrogen-bond donors (Lipinski definition) is 3. The minimum Gasteiger partial charge on any atom is -0.481 e. The summed E-state index contributed by atoms with van der Waals surface area (Å²) in [5, 5.41) is 13.6. The Balaban J connectivity index is 1.99. The van der Waals surface area contributed by atoms with Gasteiger partial charge in [0.25, 0.3) is 0 Å². The molecule has 1 aromatic rings. The van der Waals surface area contributed by atoms with Gasteiger partial charge >= 0.3 is 18.2 Å².